The molecule has 2 heterocycles. The lowest BCUT2D eigenvalue weighted by Gasteiger charge is -2.13. The molecule has 0 aliphatic rings. The van der Waals surface area contributed by atoms with E-state index >= 15 is 0 Å². The minimum absolute atomic E-state index is 0.143. The molecule has 24 heavy (non-hydrogen) atoms. The van der Waals surface area contributed by atoms with Gasteiger partial charge >= 0.3 is 0 Å². The summed E-state index contributed by atoms with van der Waals surface area (Å²) in [6.07, 6.45) is 3.24. The van der Waals surface area contributed by atoms with Crippen molar-refractivity contribution in [3.05, 3.63) is 66.5 Å². The van der Waals surface area contributed by atoms with Crippen LogP contribution in [0.2, 0.25) is 0 Å². The number of nitrogens with one attached hydrogen (secondary N) is 1. The van der Waals surface area contributed by atoms with Gasteiger partial charge in [0.1, 0.15) is 17.1 Å². The Morgan fingerprint density at radius 2 is 1.88 bits per heavy atom. The van der Waals surface area contributed by atoms with Crippen molar-refractivity contribution in [3.8, 4) is 11.6 Å². The van der Waals surface area contributed by atoms with Crippen LogP contribution in [0.15, 0.2) is 60.9 Å². The number of pyridine rings is 1. The fourth-order valence-corrected chi connectivity index (χ4v) is 2.25. The third-order valence-electron chi connectivity index (χ3n) is 3.37. The summed E-state index contributed by atoms with van der Waals surface area (Å²) in [5.41, 5.74) is 0.359. The number of para-hydroxylation sites is 1. The predicted molar refractivity (Wildman–Crippen MR) is 91.3 cm³/mol. The van der Waals surface area contributed by atoms with Crippen LogP contribution in [0, 0.1) is 0 Å². The molecular weight excluding hydrogens is 304 g/mol. The first-order chi connectivity index (χ1) is 11.6. The summed E-state index contributed by atoms with van der Waals surface area (Å²) >= 11 is 0. The first kappa shape index (κ1) is 15.7. The highest BCUT2D eigenvalue weighted by atomic mass is 16.5. The fraction of sp³-hybridized carbons (Fsp3) is 0.167. The lowest BCUT2D eigenvalue weighted by atomic mass is 10.2. The Bertz CT molecular complexity index is 828. The van der Waals surface area contributed by atoms with Crippen LogP contribution in [-0.4, -0.2) is 20.7 Å². The molecule has 122 valence electrons. The minimum Gasteiger partial charge on any atom is -0.438 e. The predicted octanol–water partition coefficient (Wildman–Crippen LogP) is 3.90. The van der Waals surface area contributed by atoms with Crippen LogP contribution < -0.4 is 10.1 Å². The van der Waals surface area contributed by atoms with E-state index in [9.17, 15) is 4.79 Å². The summed E-state index contributed by atoms with van der Waals surface area (Å²) in [6.45, 7) is 3.99. The van der Waals surface area contributed by atoms with Gasteiger partial charge in [-0.25, -0.2) is 9.67 Å². The number of carbonyl (C=O) groups is 1. The summed E-state index contributed by atoms with van der Waals surface area (Å²) in [5.74, 6) is 1.22. The number of anilines is 1. The Hall–Kier alpha value is -3.15. The number of amides is 1. The van der Waals surface area contributed by atoms with Crippen LogP contribution in [0.25, 0.3) is 0 Å². The standard InChI is InChI=1S/C18H18N4O2/c1-13(2)22-16(10-12-20-22)21-17(23)15-9-6-11-19-18(15)24-14-7-4-3-5-8-14/h3-13H,1-2H3,(H,21,23). The van der Waals surface area contributed by atoms with Crippen LogP contribution >= 0.6 is 0 Å². The molecule has 0 atom stereocenters. The van der Waals surface area contributed by atoms with E-state index in [-0.39, 0.29) is 17.8 Å². The number of hydrogen-bond donors (Lipinski definition) is 1. The lowest BCUT2D eigenvalue weighted by Crippen LogP contribution is -2.17. The first-order valence-corrected chi connectivity index (χ1v) is 7.68. The van der Waals surface area contributed by atoms with Gasteiger partial charge in [0.2, 0.25) is 5.88 Å². The number of nitrogens with zero attached hydrogens (tertiary/aromatic N) is 3. The summed E-state index contributed by atoms with van der Waals surface area (Å²) in [5, 5.41) is 7.06. The number of aromatic nitrogens is 3. The van der Waals surface area contributed by atoms with Crippen LogP contribution in [0.4, 0.5) is 5.82 Å². The molecule has 1 aromatic carbocycles. The van der Waals surface area contributed by atoms with E-state index < -0.39 is 0 Å². The molecule has 0 aliphatic carbocycles. The normalized spacial score (nSPS) is 10.6. The Kier molecular flexibility index (Phi) is 4.56. The molecule has 6 nitrogen and oxygen atoms in total. The van der Waals surface area contributed by atoms with Crippen molar-refractivity contribution < 1.29 is 9.53 Å². The molecule has 6 heteroatoms. The van der Waals surface area contributed by atoms with Gasteiger partial charge in [0.15, 0.2) is 0 Å². The molecule has 0 spiro atoms. The number of hydrogen-bond acceptors (Lipinski definition) is 4. The molecule has 0 saturated carbocycles. The van der Waals surface area contributed by atoms with Crippen molar-refractivity contribution in [1.29, 1.82) is 0 Å². The molecule has 1 N–H and O–H groups in total. The monoisotopic (exact) mass is 322 g/mol. The molecule has 2 aromatic heterocycles. The molecule has 0 radical (unpaired) electrons. The Morgan fingerprint density at radius 3 is 2.62 bits per heavy atom. The van der Waals surface area contributed by atoms with E-state index in [1.54, 1.807) is 35.3 Å². The van der Waals surface area contributed by atoms with Gasteiger partial charge in [-0.15, -0.1) is 0 Å². The van der Waals surface area contributed by atoms with E-state index in [2.05, 4.69) is 15.4 Å². The van der Waals surface area contributed by atoms with Gasteiger partial charge in [0.05, 0.1) is 6.20 Å². The quantitative estimate of drug-likeness (QED) is 0.773. The maximum absolute atomic E-state index is 12.6. The van der Waals surface area contributed by atoms with Crippen LogP contribution in [-0.2, 0) is 0 Å². The minimum atomic E-state index is -0.295. The third-order valence-corrected chi connectivity index (χ3v) is 3.37. The van der Waals surface area contributed by atoms with Gasteiger partial charge in [-0.1, -0.05) is 18.2 Å². The number of carbonyl (C=O) groups excluding carboxylic acids is 1. The average Bonchev–Trinajstić information content (AvgIpc) is 3.04. The van der Waals surface area contributed by atoms with E-state index in [1.807, 2.05) is 44.2 Å². The van der Waals surface area contributed by atoms with Gasteiger partial charge in [-0.3, -0.25) is 4.79 Å². The Balaban J connectivity index is 1.84. The van der Waals surface area contributed by atoms with E-state index in [4.69, 9.17) is 4.74 Å². The fourth-order valence-electron chi connectivity index (χ4n) is 2.25. The molecule has 3 aromatic rings. The molecule has 0 saturated heterocycles. The molecule has 0 bridgehead atoms. The summed E-state index contributed by atoms with van der Waals surface area (Å²) in [6, 6.07) is 14.5. The van der Waals surface area contributed by atoms with E-state index in [0.717, 1.165) is 0 Å². The Morgan fingerprint density at radius 1 is 1.08 bits per heavy atom. The highest BCUT2D eigenvalue weighted by Gasteiger charge is 2.16. The number of ether oxygens (including phenoxy) is 1. The van der Waals surface area contributed by atoms with Crippen LogP contribution in [0.3, 0.4) is 0 Å². The molecule has 1 amide bonds. The summed E-state index contributed by atoms with van der Waals surface area (Å²) in [4.78, 5) is 16.8. The van der Waals surface area contributed by atoms with Gasteiger partial charge < -0.3 is 10.1 Å². The topological polar surface area (TPSA) is 69.0 Å². The summed E-state index contributed by atoms with van der Waals surface area (Å²) in [7, 11) is 0. The van der Waals surface area contributed by atoms with E-state index in [0.29, 0.717) is 17.1 Å². The second kappa shape index (κ2) is 6.95. The van der Waals surface area contributed by atoms with Crippen molar-refractivity contribution in [2.24, 2.45) is 0 Å². The van der Waals surface area contributed by atoms with Crippen molar-refractivity contribution in [2.45, 2.75) is 19.9 Å². The van der Waals surface area contributed by atoms with Crippen molar-refractivity contribution in [1.82, 2.24) is 14.8 Å². The van der Waals surface area contributed by atoms with Crippen LogP contribution in [0.5, 0.6) is 11.6 Å². The lowest BCUT2D eigenvalue weighted by molar-refractivity contribution is 0.102. The first-order valence-electron chi connectivity index (χ1n) is 7.68. The zero-order valence-electron chi connectivity index (χ0n) is 13.5. The molecular formula is C18H18N4O2. The molecule has 0 fully saturated rings. The average molecular weight is 322 g/mol. The van der Waals surface area contributed by atoms with Gasteiger partial charge in [0, 0.05) is 18.3 Å². The number of rotatable bonds is 5. The summed E-state index contributed by atoms with van der Waals surface area (Å²) < 4.78 is 7.48. The molecule has 0 unspecified atom stereocenters. The second-order valence-electron chi connectivity index (χ2n) is 5.48. The third kappa shape index (κ3) is 3.43. The molecule has 0 aliphatic heterocycles. The smallest absolute Gasteiger partial charge is 0.262 e. The number of benzene rings is 1. The van der Waals surface area contributed by atoms with Crippen molar-refractivity contribution in [3.63, 3.8) is 0 Å². The van der Waals surface area contributed by atoms with Crippen LogP contribution in [0.1, 0.15) is 30.2 Å². The second-order valence-corrected chi connectivity index (χ2v) is 5.48. The highest BCUT2D eigenvalue weighted by Crippen LogP contribution is 2.23. The van der Waals surface area contributed by atoms with Gasteiger partial charge in [-0.2, -0.15) is 5.10 Å². The van der Waals surface area contributed by atoms with Gasteiger partial charge in [-0.05, 0) is 38.1 Å². The zero-order valence-corrected chi connectivity index (χ0v) is 13.5. The largest absolute Gasteiger partial charge is 0.438 e. The van der Waals surface area contributed by atoms with Gasteiger partial charge in [0.25, 0.3) is 5.91 Å². The van der Waals surface area contributed by atoms with E-state index in [1.165, 1.54) is 0 Å². The Labute approximate surface area is 140 Å². The highest BCUT2D eigenvalue weighted by molar-refractivity contribution is 6.05. The zero-order chi connectivity index (χ0) is 16.9. The maximum Gasteiger partial charge on any atom is 0.262 e. The van der Waals surface area contributed by atoms with Crippen molar-refractivity contribution in [2.75, 3.05) is 5.32 Å². The maximum atomic E-state index is 12.6. The SMILES string of the molecule is CC(C)n1nccc1NC(=O)c1cccnc1Oc1ccccc1. The van der Waals surface area contributed by atoms with Crippen molar-refractivity contribution >= 4 is 11.7 Å². The molecule has 3 rings (SSSR count).